The van der Waals surface area contributed by atoms with E-state index in [0.29, 0.717) is 23.7 Å². The topological polar surface area (TPSA) is 55.1 Å². The molecule has 0 fully saturated rings. The van der Waals surface area contributed by atoms with Crippen molar-refractivity contribution in [2.45, 2.75) is 13.8 Å². The predicted molar refractivity (Wildman–Crippen MR) is 75.5 cm³/mol. The molecule has 2 rings (SSSR count). The minimum Gasteiger partial charge on any atom is -0.398 e. The van der Waals surface area contributed by atoms with Crippen molar-refractivity contribution >= 4 is 22.4 Å². The maximum atomic E-state index is 12.0. The van der Waals surface area contributed by atoms with Gasteiger partial charge in [-0.3, -0.25) is 4.79 Å². The van der Waals surface area contributed by atoms with Gasteiger partial charge in [-0.05, 0) is 28.8 Å². The van der Waals surface area contributed by atoms with Crippen LogP contribution in [0.3, 0.4) is 0 Å². The molecule has 0 radical (unpaired) electrons. The maximum Gasteiger partial charge on any atom is 0.253 e. The van der Waals surface area contributed by atoms with E-state index in [4.69, 9.17) is 5.73 Å². The SMILES string of the molecule is CC(C)CNC(=O)c1cc2ccccc2cc1N. The minimum atomic E-state index is -0.105. The van der Waals surface area contributed by atoms with Crippen LogP contribution in [0.25, 0.3) is 10.8 Å². The first-order chi connectivity index (χ1) is 8.58. The van der Waals surface area contributed by atoms with E-state index in [1.165, 1.54) is 0 Å². The predicted octanol–water partition coefficient (Wildman–Crippen LogP) is 2.81. The van der Waals surface area contributed by atoms with E-state index in [9.17, 15) is 4.79 Å². The molecule has 18 heavy (non-hydrogen) atoms. The Balaban J connectivity index is 2.32. The van der Waals surface area contributed by atoms with Crippen LogP contribution in [-0.4, -0.2) is 12.5 Å². The lowest BCUT2D eigenvalue weighted by Gasteiger charge is -2.10. The van der Waals surface area contributed by atoms with Gasteiger partial charge >= 0.3 is 0 Å². The Kier molecular flexibility index (Phi) is 3.51. The number of carbonyl (C=O) groups is 1. The van der Waals surface area contributed by atoms with Gasteiger partial charge in [0.05, 0.1) is 5.56 Å². The van der Waals surface area contributed by atoms with E-state index < -0.39 is 0 Å². The van der Waals surface area contributed by atoms with Gasteiger partial charge in [0.2, 0.25) is 0 Å². The normalized spacial score (nSPS) is 10.8. The second-order valence-electron chi connectivity index (χ2n) is 4.89. The molecule has 0 spiro atoms. The third-order valence-corrected chi connectivity index (χ3v) is 2.83. The molecular weight excluding hydrogens is 224 g/mol. The molecule has 0 aliphatic carbocycles. The molecule has 3 nitrogen and oxygen atoms in total. The summed E-state index contributed by atoms with van der Waals surface area (Å²) in [5, 5.41) is 4.97. The molecule has 3 N–H and O–H groups in total. The van der Waals surface area contributed by atoms with Crippen molar-refractivity contribution in [2.75, 3.05) is 12.3 Å². The van der Waals surface area contributed by atoms with Crippen molar-refractivity contribution < 1.29 is 4.79 Å². The number of hydrogen-bond donors (Lipinski definition) is 2. The van der Waals surface area contributed by atoms with Crippen molar-refractivity contribution in [3.05, 3.63) is 42.0 Å². The summed E-state index contributed by atoms with van der Waals surface area (Å²) in [7, 11) is 0. The Morgan fingerprint density at radius 1 is 1.22 bits per heavy atom. The van der Waals surface area contributed by atoms with Crippen LogP contribution in [0.4, 0.5) is 5.69 Å². The standard InChI is InChI=1S/C15H18N2O/c1-10(2)9-17-15(18)13-7-11-5-3-4-6-12(11)8-14(13)16/h3-8,10H,9,16H2,1-2H3,(H,17,18). The molecule has 1 amide bonds. The van der Waals surface area contributed by atoms with Gasteiger partial charge in [0.15, 0.2) is 0 Å². The van der Waals surface area contributed by atoms with Crippen LogP contribution in [0.1, 0.15) is 24.2 Å². The van der Waals surface area contributed by atoms with Gasteiger partial charge < -0.3 is 11.1 Å². The van der Waals surface area contributed by atoms with Crippen LogP contribution in [-0.2, 0) is 0 Å². The summed E-state index contributed by atoms with van der Waals surface area (Å²) >= 11 is 0. The third kappa shape index (κ3) is 2.62. The summed E-state index contributed by atoms with van der Waals surface area (Å²) in [5.74, 6) is 0.322. The fourth-order valence-electron chi connectivity index (χ4n) is 1.85. The van der Waals surface area contributed by atoms with E-state index in [1.54, 1.807) is 0 Å². The van der Waals surface area contributed by atoms with Gasteiger partial charge in [-0.1, -0.05) is 38.1 Å². The van der Waals surface area contributed by atoms with Crippen LogP contribution in [0.5, 0.6) is 0 Å². The van der Waals surface area contributed by atoms with Gasteiger partial charge in [0.25, 0.3) is 5.91 Å². The Hall–Kier alpha value is -2.03. The maximum absolute atomic E-state index is 12.0. The Bertz CT molecular complexity index is 576. The molecule has 0 saturated carbocycles. The number of carbonyl (C=O) groups excluding carboxylic acids is 1. The second kappa shape index (κ2) is 5.08. The molecule has 0 unspecified atom stereocenters. The van der Waals surface area contributed by atoms with Gasteiger partial charge in [-0.15, -0.1) is 0 Å². The van der Waals surface area contributed by atoms with E-state index in [2.05, 4.69) is 19.2 Å². The summed E-state index contributed by atoms with van der Waals surface area (Å²) in [6.45, 7) is 4.78. The molecule has 0 aromatic heterocycles. The fraction of sp³-hybridized carbons (Fsp3) is 0.267. The van der Waals surface area contributed by atoms with Gasteiger partial charge in [0.1, 0.15) is 0 Å². The van der Waals surface area contributed by atoms with E-state index >= 15 is 0 Å². The summed E-state index contributed by atoms with van der Waals surface area (Å²) < 4.78 is 0. The number of fused-ring (bicyclic) bond motifs is 1. The molecule has 0 bridgehead atoms. The monoisotopic (exact) mass is 242 g/mol. The lowest BCUT2D eigenvalue weighted by Crippen LogP contribution is -2.27. The number of hydrogen-bond acceptors (Lipinski definition) is 2. The van der Waals surface area contributed by atoms with Crippen LogP contribution in [0.15, 0.2) is 36.4 Å². The van der Waals surface area contributed by atoms with Crippen molar-refractivity contribution in [1.29, 1.82) is 0 Å². The van der Waals surface area contributed by atoms with E-state index in [1.807, 2.05) is 36.4 Å². The average Bonchev–Trinajstić information content (AvgIpc) is 2.35. The van der Waals surface area contributed by atoms with E-state index in [0.717, 1.165) is 10.8 Å². The van der Waals surface area contributed by atoms with Crippen molar-refractivity contribution in [3.8, 4) is 0 Å². The number of nitrogen functional groups attached to an aromatic ring is 1. The molecule has 0 heterocycles. The molecule has 3 heteroatoms. The second-order valence-corrected chi connectivity index (χ2v) is 4.89. The van der Waals surface area contributed by atoms with Gasteiger partial charge in [0, 0.05) is 12.2 Å². The molecular formula is C15H18N2O. The largest absolute Gasteiger partial charge is 0.398 e. The highest BCUT2D eigenvalue weighted by Crippen LogP contribution is 2.21. The number of amides is 1. The van der Waals surface area contributed by atoms with Crippen LogP contribution in [0, 0.1) is 5.92 Å². The Morgan fingerprint density at radius 2 is 1.83 bits per heavy atom. The first-order valence-corrected chi connectivity index (χ1v) is 6.14. The van der Waals surface area contributed by atoms with Gasteiger partial charge in [-0.25, -0.2) is 0 Å². The lowest BCUT2D eigenvalue weighted by atomic mass is 10.0. The van der Waals surface area contributed by atoms with Crippen molar-refractivity contribution in [2.24, 2.45) is 5.92 Å². The summed E-state index contributed by atoms with van der Waals surface area (Å²) in [4.78, 5) is 12.0. The molecule has 0 aliphatic rings. The van der Waals surface area contributed by atoms with Crippen molar-refractivity contribution in [3.63, 3.8) is 0 Å². The Labute approximate surface area is 107 Å². The minimum absolute atomic E-state index is 0.105. The Morgan fingerprint density at radius 3 is 2.44 bits per heavy atom. The van der Waals surface area contributed by atoms with Gasteiger partial charge in [-0.2, -0.15) is 0 Å². The molecule has 94 valence electrons. The molecule has 0 saturated heterocycles. The number of nitrogens with one attached hydrogen (secondary N) is 1. The number of nitrogens with two attached hydrogens (primary N) is 1. The average molecular weight is 242 g/mol. The highest BCUT2D eigenvalue weighted by molar-refractivity contribution is 6.03. The van der Waals surface area contributed by atoms with Crippen LogP contribution >= 0.6 is 0 Å². The molecule has 2 aromatic carbocycles. The lowest BCUT2D eigenvalue weighted by molar-refractivity contribution is 0.0950. The summed E-state index contributed by atoms with van der Waals surface area (Å²) in [5.41, 5.74) is 7.01. The summed E-state index contributed by atoms with van der Waals surface area (Å²) in [6, 6.07) is 11.6. The highest BCUT2D eigenvalue weighted by atomic mass is 16.1. The first-order valence-electron chi connectivity index (χ1n) is 6.14. The zero-order chi connectivity index (χ0) is 13.1. The smallest absolute Gasteiger partial charge is 0.253 e. The molecule has 0 aliphatic heterocycles. The molecule has 0 atom stereocenters. The number of benzene rings is 2. The van der Waals surface area contributed by atoms with E-state index in [-0.39, 0.29) is 5.91 Å². The van der Waals surface area contributed by atoms with Crippen molar-refractivity contribution in [1.82, 2.24) is 5.32 Å². The third-order valence-electron chi connectivity index (χ3n) is 2.83. The number of anilines is 1. The quantitative estimate of drug-likeness (QED) is 0.813. The zero-order valence-electron chi connectivity index (χ0n) is 10.7. The van der Waals surface area contributed by atoms with Crippen LogP contribution in [0.2, 0.25) is 0 Å². The van der Waals surface area contributed by atoms with Crippen LogP contribution < -0.4 is 11.1 Å². The fourth-order valence-corrected chi connectivity index (χ4v) is 1.85. The zero-order valence-corrected chi connectivity index (χ0v) is 10.7. The number of rotatable bonds is 3. The first kappa shape index (κ1) is 12.4. The molecule has 2 aromatic rings. The highest BCUT2D eigenvalue weighted by Gasteiger charge is 2.10. The summed E-state index contributed by atoms with van der Waals surface area (Å²) in [6.07, 6.45) is 0.